The SMILES string of the molecule is CC(C)NC(=O)CNC(=O)c1ccc2c(c1)CCCN2.Cl. The number of carbonyl (C=O) groups excluding carboxylic acids is 2. The molecule has 2 amide bonds. The summed E-state index contributed by atoms with van der Waals surface area (Å²) < 4.78 is 0. The quantitative estimate of drug-likeness (QED) is 0.793. The maximum Gasteiger partial charge on any atom is 0.251 e. The zero-order valence-corrected chi connectivity index (χ0v) is 13.2. The fraction of sp³-hybridized carbons (Fsp3) is 0.467. The minimum absolute atomic E-state index is 0. The number of anilines is 1. The molecule has 0 atom stereocenters. The van der Waals surface area contributed by atoms with Gasteiger partial charge >= 0.3 is 0 Å². The first-order chi connectivity index (χ1) is 9.56. The Bertz CT molecular complexity index is 518. The fourth-order valence-electron chi connectivity index (χ4n) is 2.25. The third-order valence-corrected chi connectivity index (χ3v) is 3.16. The lowest BCUT2D eigenvalue weighted by Gasteiger charge is -2.18. The van der Waals surface area contributed by atoms with E-state index in [2.05, 4.69) is 16.0 Å². The van der Waals surface area contributed by atoms with Crippen molar-refractivity contribution >= 4 is 29.9 Å². The van der Waals surface area contributed by atoms with Crippen molar-refractivity contribution in [2.45, 2.75) is 32.7 Å². The Labute approximate surface area is 131 Å². The molecule has 21 heavy (non-hydrogen) atoms. The Kier molecular flexibility index (Phi) is 6.49. The normalized spacial score (nSPS) is 12.7. The number of aryl methyl sites for hydroxylation is 1. The Morgan fingerprint density at radius 3 is 2.81 bits per heavy atom. The molecule has 0 fully saturated rings. The summed E-state index contributed by atoms with van der Waals surface area (Å²) in [6, 6.07) is 5.69. The average molecular weight is 312 g/mol. The number of benzene rings is 1. The topological polar surface area (TPSA) is 70.2 Å². The number of halogens is 1. The molecule has 116 valence electrons. The van der Waals surface area contributed by atoms with E-state index in [4.69, 9.17) is 0 Å². The zero-order chi connectivity index (χ0) is 14.5. The van der Waals surface area contributed by atoms with Crippen molar-refractivity contribution in [3.63, 3.8) is 0 Å². The summed E-state index contributed by atoms with van der Waals surface area (Å²) in [6.07, 6.45) is 2.06. The smallest absolute Gasteiger partial charge is 0.251 e. The van der Waals surface area contributed by atoms with Crippen LogP contribution in [0.2, 0.25) is 0 Å². The van der Waals surface area contributed by atoms with E-state index in [1.807, 2.05) is 26.0 Å². The molecule has 0 aliphatic carbocycles. The van der Waals surface area contributed by atoms with E-state index in [9.17, 15) is 9.59 Å². The molecule has 1 aromatic carbocycles. The number of nitrogens with one attached hydrogen (secondary N) is 3. The lowest BCUT2D eigenvalue weighted by molar-refractivity contribution is -0.120. The summed E-state index contributed by atoms with van der Waals surface area (Å²) in [7, 11) is 0. The third kappa shape index (κ3) is 4.93. The molecule has 0 unspecified atom stereocenters. The highest BCUT2D eigenvalue weighted by atomic mass is 35.5. The van der Waals surface area contributed by atoms with Gasteiger partial charge in [0.05, 0.1) is 6.54 Å². The molecule has 0 saturated carbocycles. The van der Waals surface area contributed by atoms with Crippen LogP contribution >= 0.6 is 12.4 Å². The fourth-order valence-corrected chi connectivity index (χ4v) is 2.25. The van der Waals surface area contributed by atoms with Crippen molar-refractivity contribution in [2.75, 3.05) is 18.4 Å². The van der Waals surface area contributed by atoms with Gasteiger partial charge in [-0.3, -0.25) is 9.59 Å². The molecule has 1 aromatic rings. The zero-order valence-electron chi connectivity index (χ0n) is 12.4. The minimum Gasteiger partial charge on any atom is -0.385 e. The van der Waals surface area contributed by atoms with Crippen molar-refractivity contribution in [3.05, 3.63) is 29.3 Å². The number of carbonyl (C=O) groups is 2. The van der Waals surface area contributed by atoms with E-state index in [1.54, 1.807) is 6.07 Å². The van der Waals surface area contributed by atoms with Gasteiger partial charge in [-0.25, -0.2) is 0 Å². The van der Waals surface area contributed by atoms with Crippen LogP contribution in [0.15, 0.2) is 18.2 Å². The van der Waals surface area contributed by atoms with Crippen molar-refractivity contribution in [1.29, 1.82) is 0 Å². The predicted molar refractivity (Wildman–Crippen MR) is 86.1 cm³/mol. The lowest BCUT2D eigenvalue weighted by Crippen LogP contribution is -2.39. The van der Waals surface area contributed by atoms with Gasteiger partial charge in [0.15, 0.2) is 0 Å². The van der Waals surface area contributed by atoms with Crippen LogP contribution < -0.4 is 16.0 Å². The minimum atomic E-state index is -0.211. The van der Waals surface area contributed by atoms with Crippen LogP contribution in [0.5, 0.6) is 0 Å². The lowest BCUT2D eigenvalue weighted by atomic mass is 10.0. The van der Waals surface area contributed by atoms with Gasteiger partial charge in [0.1, 0.15) is 0 Å². The number of hydrogen-bond acceptors (Lipinski definition) is 3. The van der Waals surface area contributed by atoms with Gasteiger partial charge in [0, 0.05) is 23.8 Å². The van der Waals surface area contributed by atoms with Crippen molar-refractivity contribution in [1.82, 2.24) is 10.6 Å². The average Bonchev–Trinajstić information content (AvgIpc) is 2.43. The highest BCUT2D eigenvalue weighted by Crippen LogP contribution is 2.22. The Balaban J connectivity index is 0.00000220. The van der Waals surface area contributed by atoms with Crippen LogP contribution in [0.4, 0.5) is 5.69 Å². The van der Waals surface area contributed by atoms with E-state index in [0.29, 0.717) is 5.56 Å². The van der Waals surface area contributed by atoms with Gasteiger partial charge in [-0.2, -0.15) is 0 Å². The van der Waals surface area contributed by atoms with Gasteiger partial charge in [-0.05, 0) is 50.5 Å². The number of hydrogen-bond donors (Lipinski definition) is 3. The van der Waals surface area contributed by atoms with Gasteiger partial charge in [0.2, 0.25) is 5.91 Å². The molecule has 0 bridgehead atoms. The summed E-state index contributed by atoms with van der Waals surface area (Å²) in [4.78, 5) is 23.5. The standard InChI is InChI=1S/C15H21N3O2.ClH/c1-10(2)18-14(19)9-17-15(20)12-5-6-13-11(8-12)4-3-7-16-13;/h5-6,8,10,16H,3-4,7,9H2,1-2H3,(H,17,20)(H,18,19);1H. The number of amides is 2. The van der Waals surface area contributed by atoms with Gasteiger partial charge in [0.25, 0.3) is 5.91 Å². The number of fused-ring (bicyclic) bond motifs is 1. The summed E-state index contributed by atoms with van der Waals surface area (Å²) in [5.74, 6) is -0.384. The van der Waals surface area contributed by atoms with E-state index in [0.717, 1.165) is 30.6 Å². The maximum atomic E-state index is 12.0. The first kappa shape index (κ1) is 17.3. The van der Waals surface area contributed by atoms with E-state index in [1.165, 1.54) is 0 Å². The highest BCUT2D eigenvalue weighted by Gasteiger charge is 2.13. The molecule has 0 radical (unpaired) electrons. The van der Waals surface area contributed by atoms with Gasteiger partial charge in [-0.1, -0.05) is 0 Å². The molecular weight excluding hydrogens is 290 g/mol. The van der Waals surface area contributed by atoms with Crippen LogP contribution in [0.25, 0.3) is 0 Å². The van der Waals surface area contributed by atoms with Crippen LogP contribution in [0, 0.1) is 0 Å². The second kappa shape index (κ2) is 7.88. The first-order valence-electron chi connectivity index (χ1n) is 7.00. The molecular formula is C15H22ClN3O2. The number of rotatable bonds is 4. The molecule has 5 nitrogen and oxygen atoms in total. The van der Waals surface area contributed by atoms with Crippen LogP contribution in [0.3, 0.4) is 0 Å². The largest absolute Gasteiger partial charge is 0.385 e. The predicted octanol–water partition coefficient (Wildman–Crippen LogP) is 1.72. The van der Waals surface area contributed by atoms with Crippen molar-refractivity contribution in [2.24, 2.45) is 0 Å². The summed E-state index contributed by atoms with van der Waals surface area (Å²) >= 11 is 0. The van der Waals surface area contributed by atoms with E-state index in [-0.39, 0.29) is 36.8 Å². The van der Waals surface area contributed by atoms with Crippen molar-refractivity contribution < 1.29 is 9.59 Å². The molecule has 1 heterocycles. The summed E-state index contributed by atoms with van der Waals surface area (Å²) in [6.45, 7) is 4.76. The molecule has 0 saturated heterocycles. The Morgan fingerprint density at radius 1 is 1.33 bits per heavy atom. The van der Waals surface area contributed by atoms with Crippen molar-refractivity contribution in [3.8, 4) is 0 Å². The summed E-state index contributed by atoms with van der Waals surface area (Å²) in [5, 5.41) is 8.68. The Morgan fingerprint density at radius 2 is 2.10 bits per heavy atom. The monoisotopic (exact) mass is 311 g/mol. The molecule has 0 aromatic heterocycles. The maximum absolute atomic E-state index is 12.0. The third-order valence-electron chi connectivity index (χ3n) is 3.16. The molecule has 2 rings (SSSR count). The van der Waals surface area contributed by atoms with Gasteiger partial charge in [-0.15, -0.1) is 12.4 Å². The van der Waals surface area contributed by atoms with E-state index >= 15 is 0 Å². The molecule has 0 spiro atoms. The van der Waals surface area contributed by atoms with Crippen LogP contribution in [0.1, 0.15) is 36.2 Å². The van der Waals surface area contributed by atoms with Crippen LogP contribution in [-0.2, 0) is 11.2 Å². The molecule has 6 heteroatoms. The second-order valence-corrected chi connectivity index (χ2v) is 5.31. The second-order valence-electron chi connectivity index (χ2n) is 5.31. The van der Waals surface area contributed by atoms with E-state index < -0.39 is 0 Å². The van der Waals surface area contributed by atoms with Crippen LogP contribution in [-0.4, -0.2) is 30.9 Å². The first-order valence-corrected chi connectivity index (χ1v) is 7.00. The highest BCUT2D eigenvalue weighted by molar-refractivity contribution is 5.97. The summed E-state index contributed by atoms with van der Waals surface area (Å²) in [5.41, 5.74) is 2.87. The molecule has 1 aliphatic heterocycles. The molecule has 1 aliphatic rings. The Hall–Kier alpha value is -1.75. The molecule has 3 N–H and O–H groups in total. The van der Waals surface area contributed by atoms with Gasteiger partial charge < -0.3 is 16.0 Å².